The molecule has 2 N–H and O–H groups in total. The number of allylic oxidation sites excluding steroid dienone is 1. The van der Waals surface area contributed by atoms with Crippen LogP contribution in [0.25, 0.3) is 45.2 Å². The van der Waals surface area contributed by atoms with Gasteiger partial charge in [-0.05, 0) is 36.9 Å². The number of hydrogen-bond donors (Lipinski definition) is 2. The summed E-state index contributed by atoms with van der Waals surface area (Å²) in [5.74, 6) is -1.25. The second-order valence-corrected chi connectivity index (χ2v) is 8.13. The number of fused-ring (bicyclic) bond motifs is 1. The maximum Gasteiger partial charge on any atom is 0.353 e. The highest BCUT2D eigenvalue weighted by atomic mass is 16.4. The summed E-state index contributed by atoms with van der Waals surface area (Å²) in [7, 11) is 0. The van der Waals surface area contributed by atoms with Crippen molar-refractivity contribution in [3.05, 3.63) is 107 Å². The first-order valence-electron chi connectivity index (χ1n) is 11.3. The lowest BCUT2D eigenvalue weighted by molar-refractivity contribution is 0.0691. The first-order valence-corrected chi connectivity index (χ1v) is 11.3. The van der Waals surface area contributed by atoms with E-state index in [2.05, 4.69) is 21.8 Å². The average molecular weight is 475 g/mol. The summed E-state index contributed by atoms with van der Waals surface area (Å²) >= 11 is 0. The molecule has 0 unspecified atom stereocenters. The van der Waals surface area contributed by atoms with Crippen molar-refractivity contribution in [3.63, 3.8) is 0 Å². The lowest BCUT2D eigenvalue weighted by Crippen LogP contribution is -2.22. The molecular formula is C29H22N4O3. The molecule has 176 valence electrons. The number of aromatic amines is 1. The smallest absolute Gasteiger partial charge is 0.353 e. The molecule has 2 aromatic heterocycles. The van der Waals surface area contributed by atoms with Crippen LogP contribution in [0.4, 0.5) is 5.69 Å². The van der Waals surface area contributed by atoms with E-state index >= 15 is 0 Å². The van der Waals surface area contributed by atoms with Gasteiger partial charge in [0.25, 0.3) is 5.56 Å². The lowest BCUT2D eigenvalue weighted by atomic mass is 9.99. The minimum absolute atomic E-state index is 0.0121. The molecule has 2 heterocycles. The monoisotopic (exact) mass is 474 g/mol. The Kier molecular flexibility index (Phi) is 5.88. The number of nitrogens with one attached hydrogen (secondary N) is 1. The van der Waals surface area contributed by atoms with E-state index in [0.29, 0.717) is 28.2 Å². The minimum atomic E-state index is -1.25. The summed E-state index contributed by atoms with van der Waals surface area (Å²) < 4.78 is 1.25. The van der Waals surface area contributed by atoms with Gasteiger partial charge in [0.2, 0.25) is 0 Å². The van der Waals surface area contributed by atoms with Crippen molar-refractivity contribution in [3.8, 4) is 33.5 Å². The number of carboxylic acid groups (broad SMARTS) is 1. The third kappa shape index (κ3) is 3.82. The Morgan fingerprint density at radius 1 is 0.972 bits per heavy atom. The Labute approximate surface area is 206 Å². The number of carbonyl (C=O) groups is 1. The van der Waals surface area contributed by atoms with Crippen LogP contribution >= 0.6 is 0 Å². The third-order valence-corrected chi connectivity index (χ3v) is 5.94. The van der Waals surface area contributed by atoms with E-state index in [-0.39, 0.29) is 11.3 Å². The second-order valence-electron chi connectivity index (χ2n) is 8.13. The van der Waals surface area contributed by atoms with Gasteiger partial charge < -0.3 is 10.1 Å². The van der Waals surface area contributed by atoms with Gasteiger partial charge in [0.15, 0.2) is 0 Å². The van der Waals surface area contributed by atoms with Crippen LogP contribution < -0.4 is 5.56 Å². The van der Waals surface area contributed by atoms with Gasteiger partial charge >= 0.3 is 5.97 Å². The molecule has 0 saturated carbocycles. The van der Waals surface area contributed by atoms with Crippen LogP contribution in [0.15, 0.2) is 94.7 Å². The van der Waals surface area contributed by atoms with E-state index in [1.54, 1.807) is 18.2 Å². The topological polar surface area (TPSA) is 99.8 Å². The van der Waals surface area contributed by atoms with Crippen LogP contribution in [0.2, 0.25) is 0 Å². The number of benzene rings is 3. The summed E-state index contributed by atoms with van der Waals surface area (Å²) in [6.45, 7) is 5.45. The molecule has 5 aromatic rings. The fourth-order valence-electron chi connectivity index (χ4n) is 4.35. The largest absolute Gasteiger partial charge is 0.477 e. The van der Waals surface area contributed by atoms with Crippen molar-refractivity contribution in [2.75, 3.05) is 0 Å². The maximum absolute atomic E-state index is 13.9. The SMILES string of the molecule is C=Nc1ccc(-c2c(C(=O)O)[nH]c3c(-c4ccccc4)c(-c4ccccc4)nn3c2=O)cc1/C=C\C. The number of rotatable bonds is 6. The van der Waals surface area contributed by atoms with E-state index < -0.39 is 11.5 Å². The van der Waals surface area contributed by atoms with E-state index in [1.165, 1.54) is 4.52 Å². The van der Waals surface area contributed by atoms with Gasteiger partial charge in [-0.25, -0.2) is 4.79 Å². The van der Waals surface area contributed by atoms with Crippen LogP contribution in [0.1, 0.15) is 23.0 Å². The highest BCUT2D eigenvalue weighted by Gasteiger charge is 2.25. The number of aromatic nitrogens is 3. The van der Waals surface area contributed by atoms with Crippen LogP contribution in [0.5, 0.6) is 0 Å². The molecule has 0 fully saturated rings. The molecule has 0 aliphatic rings. The van der Waals surface area contributed by atoms with E-state index in [4.69, 9.17) is 0 Å². The molecular weight excluding hydrogens is 452 g/mol. The Bertz CT molecular complexity index is 1700. The standard InChI is InChI=1S/C29H22N4O3/c1-3-10-20-17-21(15-16-22(20)30-2)24-26(29(35)36)31-27-23(18-11-6-4-7-12-18)25(32-33(27)28(24)34)19-13-8-5-9-14-19/h3-17,31H,2H2,1H3,(H,35,36)/b10-3-. The molecule has 36 heavy (non-hydrogen) atoms. The molecule has 0 atom stereocenters. The Hall–Kier alpha value is -5.04. The molecule has 0 radical (unpaired) electrons. The fraction of sp³-hybridized carbons (Fsp3) is 0.0345. The number of H-pyrrole nitrogens is 1. The molecule has 0 aliphatic heterocycles. The maximum atomic E-state index is 13.9. The molecule has 7 heteroatoms. The third-order valence-electron chi connectivity index (χ3n) is 5.94. The molecule has 7 nitrogen and oxygen atoms in total. The van der Waals surface area contributed by atoms with Gasteiger partial charge in [0.05, 0.1) is 16.8 Å². The van der Waals surface area contributed by atoms with Gasteiger partial charge in [-0.15, -0.1) is 0 Å². The number of nitrogens with zero attached hydrogens (tertiary/aromatic N) is 3. The van der Waals surface area contributed by atoms with Crippen molar-refractivity contribution in [2.45, 2.75) is 6.92 Å². The minimum Gasteiger partial charge on any atom is -0.477 e. The van der Waals surface area contributed by atoms with Gasteiger partial charge in [-0.3, -0.25) is 9.79 Å². The molecule has 0 spiro atoms. The van der Waals surface area contributed by atoms with Crippen LogP contribution in [-0.4, -0.2) is 32.4 Å². The van der Waals surface area contributed by atoms with Crippen molar-refractivity contribution in [1.82, 2.24) is 14.6 Å². The summed E-state index contributed by atoms with van der Waals surface area (Å²) in [5, 5.41) is 14.8. The van der Waals surface area contributed by atoms with Gasteiger partial charge in [-0.2, -0.15) is 9.61 Å². The highest BCUT2D eigenvalue weighted by Crippen LogP contribution is 2.35. The van der Waals surface area contributed by atoms with Crippen molar-refractivity contribution < 1.29 is 9.90 Å². The van der Waals surface area contributed by atoms with E-state index in [0.717, 1.165) is 16.7 Å². The predicted octanol–water partition coefficient (Wildman–Crippen LogP) is 6.09. The molecule has 5 rings (SSSR count). The number of hydrogen-bond acceptors (Lipinski definition) is 4. The van der Waals surface area contributed by atoms with Gasteiger partial charge in [-0.1, -0.05) is 78.9 Å². The zero-order valence-corrected chi connectivity index (χ0v) is 19.5. The number of aliphatic imine (C=N–C) groups is 1. The predicted molar refractivity (Wildman–Crippen MR) is 143 cm³/mol. The Morgan fingerprint density at radius 2 is 1.64 bits per heavy atom. The zero-order chi connectivity index (χ0) is 25.2. The van der Waals surface area contributed by atoms with Crippen molar-refractivity contribution in [1.29, 1.82) is 0 Å². The highest BCUT2D eigenvalue weighted by molar-refractivity contribution is 5.97. The molecule has 3 aromatic carbocycles. The second kappa shape index (κ2) is 9.31. The van der Waals surface area contributed by atoms with Gasteiger partial charge in [0.1, 0.15) is 17.0 Å². The summed E-state index contributed by atoms with van der Waals surface area (Å²) in [6, 6.07) is 24.1. The molecule has 0 saturated heterocycles. The van der Waals surface area contributed by atoms with Gasteiger partial charge in [0, 0.05) is 11.1 Å². The number of carboxylic acids is 1. The van der Waals surface area contributed by atoms with E-state index in [1.807, 2.05) is 79.7 Å². The molecule has 0 amide bonds. The Balaban J connectivity index is 1.88. The summed E-state index contributed by atoms with van der Waals surface area (Å²) in [6.07, 6.45) is 3.67. The van der Waals surface area contributed by atoms with Crippen molar-refractivity contribution in [2.24, 2.45) is 4.99 Å². The quantitative estimate of drug-likeness (QED) is 0.291. The summed E-state index contributed by atoms with van der Waals surface area (Å²) in [5.41, 5.74) is 4.20. The first-order chi connectivity index (χ1) is 17.5. The van der Waals surface area contributed by atoms with Crippen molar-refractivity contribution >= 4 is 30.1 Å². The molecule has 0 bridgehead atoms. The Morgan fingerprint density at radius 3 is 2.25 bits per heavy atom. The van der Waals surface area contributed by atoms with E-state index in [9.17, 15) is 14.7 Å². The lowest BCUT2D eigenvalue weighted by Gasteiger charge is -2.10. The fourth-order valence-corrected chi connectivity index (χ4v) is 4.35. The summed E-state index contributed by atoms with van der Waals surface area (Å²) in [4.78, 5) is 33.3. The van der Waals surface area contributed by atoms with Crippen LogP contribution in [0, 0.1) is 0 Å². The average Bonchev–Trinajstić information content (AvgIpc) is 3.30. The molecule has 0 aliphatic carbocycles. The van der Waals surface area contributed by atoms with Crippen LogP contribution in [-0.2, 0) is 0 Å². The normalized spacial score (nSPS) is 11.2. The zero-order valence-electron chi connectivity index (χ0n) is 19.5. The first kappa shape index (κ1) is 22.7. The van der Waals surface area contributed by atoms with Crippen LogP contribution in [0.3, 0.4) is 0 Å². The number of aromatic carboxylic acids is 1.